The molecule has 0 bridgehead atoms. The van der Waals surface area contributed by atoms with E-state index in [1.807, 2.05) is 6.92 Å². The number of hydrogen-bond acceptors (Lipinski definition) is 5. The van der Waals surface area contributed by atoms with E-state index < -0.39 is 5.97 Å². The van der Waals surface area contributed by atoms with Gasteiger partial charge in [0.25, 0.3) is 0 Å². The van der Waals surface area contributed by atoms with Crippen LogP contribution in [0.1, 0.15) is 34.8 Å². The number of furan rings is 1. The van der Waals surface area contributed by atoms with Crippen LogP contribution in [0.2, 0.25) is 0 Å². The van der Waals surface area contributed by atoms with Crippen LogP contribution in [0.3, 0.4) is 0 Å². The number of esters is 1. The lowest BCUT2D eigenvalue weighted by Gasteiger charge is -2.10. The van der Waals surface area contributed by atoms with Crippen molar-refractivity contribution in [1.29, 1.82) is 0 Å². The normalized spacial score (nSPS) is 12.3. The lowest BCUT2D eigenvalue weighted by atomic mass is 10.2. The van der Waals surface area contributed by atoms with E-state index in [1.54, 1.807) is 23.5 Å². The molecule has 0 aliphatic carbocycles. The standard InChI is InChI=1S/C14H17NO3S/c1-10(15-7-5-11-6-8-19-9-11)12-3-4-13(18-12)14(16)17-2/h3-4,6,8-10,15H,5,7H2,1-2H3. The molecular weight excluding hydrogens is 262 g/mol. The molecule has 1 unspecified atom stereocenters. The van der Waals surface area contributed by atoms with Crippen LogP contribution in [0.15, 0.2) is 33.4 Å². The number of nitrogens with one attached hydrogen (secondary N) is 1. The zero-order valence-corrected chi connectivity index (χ0v) is 11.8. The van der Waals surface area contributed by atoms with Gasteiger partial charge in [-0.2, -0.15) is 11.3 Å². The number of ether oxygens (including phenoxy) is 1. The van der Waals surface area contributed by atoms with Crippen LogP contribution in [0.25, 0.3) is 0 Å². The Morgan fingerprint density at radius 3 is 3.00 bits per heavy atom. The molecule has 102 valence electrons. The SMILES string of the molecule is COC(=O)c1ccc(C(C)NCCc2ccsc2)o1. The number of carbonyl (C=O) groups excluding carboxylic acids is 1. The Hall–Kier alpha value is -1.59. The summed E-state index contributed by atoms with van der Waals surface area (Å²) in [6, 6.07) is 5.63. The van der Waals surface area contributed by atoms with Gasteiger partial charge in [-0.1, -0.05) is 0 Å². The Bertz CT molecular complexity index is 519. The van der Waals surface area contributed by atoms with Crippen LogP contribution >= 0.6 is 11.3 Å². The van der Waals surface area contributed by atoms with Crippen LogP contribution in [-0.2, 0) is 11.2 Å². The third kappa shape index (κ3) is 3.68. The molecule has 2 aromatic rings. The molecule has 2 heterocycles. The molecule has 1 atom stereocenters. The highest BCUT2D eigenvalue weighted by Gasteiger charge is 2.14. The fourth-order valence-corrected chi connectivity index (χ4v) is 2.47. The number of thiophene rings is 1. The molecule has 0 saturated heterocycles. The second-order valence-corrected chi connectivity index (χ2v) is 5.03. The molecule has 5 heteroatoms. The number of carbonyl (C=O) groups is 1. The molecule has 0 aliphatic heterocycles. The van der Waals surface area contributed by atoms with Crippen molar-refractivity contribution in [2.45, 2.75) is 19.4 Å². The molecule has 0 fully saturated rings. The fraction of sp³-hybridized carbons (Fsp3) is 0.357. The monoisotopic (exact) mass is 279 g/mol. The van der Waals surface area contributed by atoms with E-state index >= 15 is 0 Å². The average Bonchev–Trinajstić information content (AvgIpc) is 3.08. The lowest BCUT2D eigenvalue weighted by molar-refractivity contribution is 0.0562. The molecule has 1 N–H and O–H groups in total. The summed E-state index contributed by atoms with van der Waals surface area (Å²) in [4.78, 5) is 11.3. The number of hydrogen-bond donors (Lipinski definition) is 1. The molecule has 0 amide bonds. The van der Waals surface area contributed by atoms with Gasteiger partial charge in [-0.15, -0.1) is 0 Å². The minimum atomic E-state index is -0.447. The highest BCUT2D eigenvalue weighted by Crippen LogP contribution is 2.17. The van der Waals surface area contributed by atoms with Crippen molar-refractivity contribution in [3.05, 3.63) is 46.0 Å². The smallest absolute Gasteiger partial charge is 0.373 e. The minimum Gasteiger partial charge on any atom is -0.463 e. The maximum atomic E-state index is 11.3. The first kappa shape index (κ1) is 13.8. The third-order valence-corrected chi connectivity index (χ3v) is 3.62. The first-order valence-corrected chi connectivity index (χ1v) is 7.07. The second-order valence-electron chi connectivity index (χ2n) is 4.25. The maximum Gasteiger partial charge on any atom is 0.373 e. The Kier molecular flexibility index (Phi) is 4.76. The summed E-state index contributed by atoms with van der Waals surface area (Å²) < 4.78 is 10.1. The molecule has 0 radical (unpaired) electrons. The topological polar surface area (TPSA) is 51.5 Å². The molecule has 19 heavy (non-hydrogen) atoms. The first-order valence-electron chi connectivity index (χ1n) is 6.13. The van der Waals surface area contributed by atoms with E-state index in [0.717, 1.165) is 18.7 Å². The van der Waals surface area contributed by atoms with Crippen molar-refractivity contribution in [3.63, 3.8) is 0 Å². The van der Waals surface area contributed by atoms with Gasteiger partial charge in [0.15, 0.2) is 0 Å². The Labute approximate surface area is 116 Å². The molecule has 0 aliphatic rings. The van der Waals surface area contributed by atoms with Gasteiger partial charge in [-0.3, -0.25) is 0 Å². The van der Waals surface area contributed by atoms with Crippen molar-refractivity contribution in [2.24, 2.45) is 0 Å². The Morgan fingerprint density at radius 2 is 2.32 bits per heavy atom. The number of methoxy groups -OCH3 is 1. The lowest BCUT2D eigenvalue weighted by Crippen LogP contribution is -2.20. The van der Waals surface area contributed by atoms with Crippen molar-refractivity contribution in [1.82, 2.24) is 5.32 Å². The highest BCUT2D eigenvalue weighted by molar-refractivity contribution is 7.07. The van der Waals surface area contributed by atoms with Crippen LogP contribution in [0.5, 0.6) is 0 Å². The highest BCUT2D eigenvalue weighted by atomic mass is 32.1. The Morgan fingerprint density at radius 1 is 1.47 bits per heavy atom. The number of rotatable bonds is 6. The van der Waals surface area contributed by atoms with Gasteiger partial charge in [-0.25, -0.2) is 4.79 Å². The zero-order valence-electron chi connectivity index (χ0n) is 11.0. The second kappa shape index (κ2) is 6.54. The van der Waals surface area contributed by atoms with E-state index in [9.17, 15) is 4.79 Å². The first-order chi connectivity index (χ1) is 9.20. The van der Waals surface area contributed by atoms with E-state index in [4.69, 9.17) is 4.42 Å². The van der Waals surface area contributed by atoms with Crippen molar-refractivity contribution in [2.75, 3.05) is 13.7 Å². The minimum absolute atomic E-state index is 0.0667. The quantitative estimate of drug-likeness (QED) is 0.826. The van der Waals surface area contributed by atoms with Gasteiger partial charge in [-0.05, 0) is 54.4 Å². The maximum absolute atomic E-state index is 11.3. The zero-order chi connectivity index (χ0) is 13.7. The Balaban J connectivity index is 1.84. The van der Waals surface area contributed by atoms with Crippen LogP contribution < -0.4 is 5.32 Å². The molecular formula is C14H17NO3S. The predicted molar refractivity (Wildman–Crippen MR) is 74.5 cm³/mol. The molecule has 2 aromatic heterocycles. The van der Waals surface area contributed by atoms with Crippen LogP contribution in [-0.4, -0.2) is 19.6 Å². The molecule has 0 saturated carbocycles. The predicted octanol–water partition coefficient (Wildman–Crippen LogP) is 3.02. The summed E-state index contributed by atoms with van der Waals surface area (Å²) in [6.45, 7) is 2.87. The summed E-state index contributed by atoms with van der Waals surface area (Å²) in [6.07, 6.45) is 0.985. The largest absolute Gasteiger partial charge is 0.463 e. The summed E-state index contributed by atoms with van der Waals surface area (Å²) in [5, 5.41) is 7.59. The summed E-state index contributed by atoms with van der Waals surface area (Å²) in [7, 11) is 1.34. The van der Waals surface area contributed by atoms with Crippen molar-refractivity contribution >= 4 is 17.3 Å². The van der Waals surface area contributed by atoms with E-state index in [2.05, 4.69) is 26.9 Å². The third-order valence-electron chi connectivity index (χ3n) is 2.88. The summed E-state index contributed by atoms with van der Waals surface area (Å²) in [5.41, 5.74) is 1.33. The molecule has 4 nitrogen and oxygen atoms in total. The van der Waals surface area contributed by atoms with Crippen LogP contribution in [0, 0.1) is 0 Å². The van der Waals surface area contributed by atoms with Crippen molar-refractivity contribution in [3.8, 4) is 0 Å². The van der Waals surface area contributed by atoms with Crippen LogP contribution in [0.4, 0.5) is 0 Å². The molecule has 0 aromatic carbocycles. The summed E-state index contributed by atoms with van der Waals surface area (Å²) in [5.74, 6) is 0.534. The van der Waals surface area contributed by atoms with Gasteiger partial charge in [0.2, 0.25) is 5.76 Å². The molecule has 0 spiro atoms. The van der Waals surface area contributed by atoms with Gasteiger partial charge >= 0.3 is 5.97 Å². The average molecular weight is 279 g/mol. The van der Waals surface area contributed by atoms with Gasteiger partial charge in [0.05, 0.1) is 13.2 Å². The fourth-order valence-electron chi connectivity index (χ4n) is 1.76. The van der Waals surface area contributed by atoms with Crippen molar-refractivity contribution < 1.29 is 13.9 Å². The van der Waals surface area contributed by atoms with E-state index in [1.165, 1.54) is 12.7 Å². The summed E-state index contributed by atoms with van der Waals surface area (Å²) >= 11 is 1.71. The van der Waals surface area contributed by atoms with E-state index in [0.29, 0.717) is 0 Å². The van der Waals surface area contributed by atoms with Gasteiger partial charge < -0.3 is 14.5 Å². The van der Waals surface area contributed by atoms with Gasteiger partial charge in [0, 0.05) is 0 Å². The van der Waals surface area contributed by atoms with E-state index in [-0.39, 0.29) is 11.8 Å². The molecule has 2 rings (SSSR count). The van der Waals surface area contributed by atoms with Gasteiger partial charge in [0.1, 0.15) is 5.76 Å².